The SMILES string of the molecule is C=CCN.CCC1COC2(CCC(C(C)(C)CC(C)(C)C)CC2)O1.COC. The quantitative estimate of drug-likeness (QED) is 0.644. The molecule has 0 radical (unpaired) electrons. The van der Waals surface area contributed by atoms with E-state index in [0.717, 1.165) is 31.8 Å². The van der Waals surface area contributed by atoms with Gasteiger partial charge in [-0.05, 0) is 42.4 Å². The predicted octanol–water partition coefficient (Wildman–Crippen LogP) is 5.55. The Hall–Kier alpha value is -0.420. The molecule has 1 heterocycles. The van der Waals surface area contributed by atoms with Gasteiger partial charge in [-0.2, -0.15) is 0 Å². The highest BCUT2D eigenvalue weighted by molar-refractivity contribution is 4.91. The molecule has 0 aromatic carbocycles. The Kier molecular flexibility index (Phi) is 12.0. The zero-order valence-electron chi connectivity index (χ0n) is 19.4. The molecule has 1 saturated heterocycles. The van der Waals surface area contributed by atoms with Crippen molar-refractivity contribution < 1.29 is 14.2 Å². The molecular weight excluding hydrogens is 338 g/mol. The van der Waals surface area contributed by atoms with E-state index in [9.17, 15) is 0 Å². The smallest absolute Gasteiger partial charge is 0.168 e. The van der Waals surface area contributed by atoms with Crippen LogP contribution in [0, 0.1) is 16.7 Å². The number of hydrogen-bond donors (Lipinski definition) is 1. The molecule has 1 aliphatic heterocycles. The Morgan fingerprint density at radius 2 is 1.63 bits per heavy atom. The van der Waals surface area contributed by atoms with Crippen molar-refractivity contribution >= 4 is 0 Å². The topological polar surface area (TPSA) is 53.7 Å². The van der Waals surface area contributed by atoms with E-state index in [4.69, 9.17) is 15.2 Å². The monoisotopic (exact) mass is 385 g/mol. The Bertz CT molecular complexity index is 393. The summed E-state index contributed by atoms with van der Waals surface area (Å²) in [5, 5.41) is 0. The molecule has 1 saturated carbocycles. The highest BCUT2D eigenvalue weighted by atomic mass is 16.7. The van der Waals surface area contributed by atoms with Gasteiger partial charge in [-0.1, -0.05) is 47.6 Å². The Balaban J connectivity index is 0.000000836. The van der Waals surface area contributed by atoms with Crippen molar-refractivity contribution in [3.8, 4) is 0 Å². The molecule has 2 fully saturated rings. The molecule has 2 rings (SSSR count). The molecule has 4 heteroatoms. The van der Waals surface area contributed by atoms with Crippen LogP contribution in [-0.2, 0) is 14.2 Å². The van der Waals surface area contributed by atoms with E-state index in [1.165, 1.54) is 19.3 Å². The van der Waals surface area contributed by atoms with Crippen LogP contribution in [0.3, 0.4) is 0 Å². The zero-order chi connectivity index (χ0) is 21.1. The number of hydrogen-bond acceptors (Lipinski definition) is 4. The van der Waals surface area contributed by atoms with Crippen LogP contribution in [0.25, 0.3) is 0 Å². The first-order valence-corrected chi connectivity index (χ1v) is 10.5. The third-order valence-corrected chi connectivity index (χ3v) is 5.37. The maximum Gasteiger partial charge on any atom is 0.168 e. The fourth-order valence-electron chi connectivity index (χ4n) is 4.43. The van der Waals surface area contributed by atoms with Crippen LogP contribution >= 0.6 is 0 Å². The maximum absolute atomic E-state index is 6.18. The number of nitrogens with two attached hydrogens (primary N) is 1. The minimum Gasteiger partial charge on any atom is -0.388 e. The van der Waals surface area contributed by atoms with Crippen molar-refractivity contribution in [2.24, 2.45) is 22.5 Å². The lowest BCUT2D eigenvalue weighted by atomic mass is 9.64. The first kappa shape index (κ1) is 26.6. The van der Waals surface area contributed by atoms with Crippen molar-refractivity contribution in [2.45, 2.75) is 92.0 Å². The van der Waals surface area contributed by atoms with Crippen molar-refractivity contribution in [3.05, 3.63) is 12.7 Å². The second kappa shape index (κ2) is 12.2. The summed E-state index contributed by atoms with van der Waals surface area (Å²) in [5.41, 5.74) is 5.74. The van der Waals surface area contributed by atoms with Gasteiger partial charge in [0.15, 0.2) is 5.79 Å². The van der Waals surface area contributed by atoms with Gasteiger partial charge in [0, 0.05) is 33.6 Å². The van der Waals surface area contributed by atoms with E-state index >= 15 is 0 Å². The van der Waals surface area contributed by atoms with Crippen LogP contribution in [0.2, 0.25) is 0 Å². The molecule has 1 atom stereocenters. The number of methoxy groups -OCH3 is 1. The van der Waals surface area contributed by atoms with Crippen LogP contribution in [-0.4, -0.2) is 39.3 Å². The molecule has 1 spiro atoms. The van der Waals surface area contributed by atoms with Crippen LogP contribution < -0.4 is 5.73 Å². The van der Waals surface area contributed by atoms with Gasteiger partial charge < -0.3 is 19.9 Å². The fraction of sp³-hybridized carbons (Fsp3) is 0.913. The molecule has 1 unspecified atom stereocenters. The van der Waals surface area contributed by atoms with Gasteiger partial charge in [0.1, 0.15) is 0 Å². The summed E-state index contributed by atoms with van der Waals surface area (Å²) in [7, 11) is 3.25. The number of ether oxygens (including phenoxy) is 3. The van der Waals surface area contributed by atoms with Gasteiger partial charge in [-0.3, -0.25) is 0 Å². The first-order valence-electron chi connectivity index (χ1n) is 10.5. The van der Waals surface area contributed by atoms with Gasteiger partial charge in [-0.15, -0.1) is 6.58 Å². The fourth-order valence-corrected chi connectivity index (χ4v) is 4.43. The first-order chi connectivity index (χ1) is 12.5. The molecule has 2 N–H and O–H groups in total. The minimum atomic E-state index is -0.227. The summed E-state index contributed by atoms with van der Waals surface area (Å²) in [4.78, 5) is 0. The third kappa shape index (κ3) is 10.1. The molecule has 0 aromatic rings. The molecule has 1 aliphatic carbocycles. The van der Waals surface area contributed by atoms with E-state index in [2.05, 4.69) is 52.9 Å². The highest BCUT2D eigenvalue weighted by Gasteiger charge is 2.46. The second-order valence-corrected chi connectivity index (χ2v) is 9.80. The van der Waals surface area contributed by atoms with Crippen LogP contribution in [0.5, 0.6) is 0 Å². The summed E-state index contributed by atoms with van der Waals surface area (Å²) in [6.45, 7) is 18.9. The predicted molar refractivity (Wildman–Crippen MR) is 116 cm³/mol. The van der Waals surface area contributed by atoms with Gasteiger partial charge in [-0.25, -0.2) is 0 Å². The molecule has 2 aliphatic rings. The molecule has 27 heavy (non-hydrogen) atoms. The Labute approximate surface area is 169 Å². The maximum atomic E-state index is 6.18. The van der Waals surface area contributed by atoms with Crippen molar-refractivity contribution in [2.75, 3.05) is 27.4 Å². The lowest BCUT2D eigenvalue weighted by molar-refractivity contribution is -0.197. The summed E-state index contributed by atoms with van der Waals surface area (Å²) in [5.74, 6) is 0.579. The molecule has 0 amide bonds. The van der Waals surface area contributed by atoms with Gasteiger partial charge in [0.05, 0.1) is 12.7 Å². The van der Waals surface area contributed by atoms with Gasteiger partial charge >= 0.3 is 0 Å². The van der Waals surface area contributed by atoms with Crippen LogP contribution in [0.4, 0.5) is 0 Å². The number of rotatable bonds is 4. The molecule has 4 nitrogen and oxygen atoms in total. The average Bonchev–Trinajstić information content (AvgIpc) is 2.97. The van der Waals surface area contributed by atoms with Crippen LogP contribution in [0.1, 0.15) is 80.1 Å². The van der Waals surface area contributed by atoms with E-state index < -0.39 is 0 Å². The highest BCUT2D eigenvalue weighted by Crippen LogP contribution is 2.49. The molecule has 0 bridgehead atoms. The van der Waals surface area contributed by atoms with E-state index in [1.54, 1.807) is 20.3 Å². The van der Waals surface area contributed by atoms with E-state index in [0.29, 0.717) is 23.5 Å². The summed E-state index contributed by atoms with van der Waals surface area (Å²) < 4.78 is 16.5. The summed E-state index contributed by atoms with van der Waals surface area (Å²) >= 11 is 0. The molecule has 162 valence electrons. The van der Waals surface area contributed by atoms with Crippen molar-refractivity contribution in [1.82, 2.24) is 0 Å². The molecular formula is C23H47NO3. The lowest BCUT2D eigenvalue weighted by Gasteiger charge is -2.45. The normalized spacial score (nSPS) is 28.0. The van der Waals surface area contributed by atoms with Gasteiger partial charge in [0.2, 0.25) is 0 Å². The van der Waals surface area contributed by atoms with Gasteiger partial charge in [0.25, 0.3) is 0 Å². The third-order valence-electron chi connectivity index (χ3n) is 5.37. The Morgan fingerprint density at radius 1 is 1.15 bits per heavy atom. The van der Waals surface area contributed by atoms with E-state index in [1.807, 2.05) is 0 Å². The Morgan fingerprint density at radius 3 is 1.96 bits per heavy atom. The summed E-state index contributed by atoms with van der Waals surface area (Å²) in [6, 6.07) is 0. The van der Waals surface area contributed by atoms with E-state index in [-0.39, 0.29) is 5.79 Å². The summed E-state index contributed by atoms with van der Waals surface area (Å²) in [6.07, 6.45) is 9.01. The average molecular weight is 386 g/mol. The van der Waals surface area contributed by atoms with Crippen molar-refractivity contribution in [1.29, 1.82) is 0 Å². The van der Waals surface area contributed by atoms with Crippen LogP contribution in [0.15, 0.2) is 12.7 Å². The van der Waals surface area contributed by atoms with Crippen molar-refractivity contribution in [3.63, 3.8) is 0 Å². The molecule has 0 aromatic heterocycles. The minimum absolute atomic E-state index is 0.227. The second-order valence-electron chi connectivity index (χ2n) is 9.80. The standard InChI is InChI=1S/C18H34O2.C3H7N.C2H6O/c1-7-15-12-19-18(20-15)10-8-14(9-11-18)17(5,6)13-16(2,3)4;1-2-3-4;1-3-2/h14-15H,7-13H2,1-6H3;2H,1,3-4H2;1-2H3. The lowest BCUT2D eigenvalue weighted by Crippen LogP contribution is -2.40. The zero-order valence-corrected chi connectivity index (χ0v) is 19.4. The largest absolute Gasteiger partial charge is 0.388 e.